The Morgan fingerprint density at radius 2 is 2.00 bits per heavy atom. The molecular weight excluding hydrogens is 176 g/mol. The molecule has 1 aromatic heterocycles. The third-order valence-electron chi connectivity index (χ3n) is 2.80. The van der Waals surface area contributed by atoms with Crippen LogP contribution >= 0.6 is 0 Å². The van der Waals surface area contributed by atoms with Crippen molar-refractivity contribution >= 4 is 11.2 Å². The summed E-state index contributed by atoms with van der Waals surface area (Å²) in [5.41, 5.74) is 3.21. The molecule has 0 atom stereocenters. The minimum atomic E-state index is 0.171. The van der Waals surface area contributed by atoms with Gasteiger partial charge in [-0.15, -0.1) is 0 Å². The van der Waals surface area contributed by atoms with Gasteiger partial charge in [-0.05, 0) is 17.9 Å². The number of para-hydroxylation sites is 1. The number of hydrogen-bond acceptors (Lipinski definition) is 2. The lowest BCUT2D eigenvalue weighted by Gasteiger charge is -2.24. The Morgan fingerprint density at radius 1 is 1.21 bits per heavy atom. The molecule has 14 heavy (non-hydrogen) atoms. The summed E-state index contributed by atoms with van der Waals surface area (Å²) in [6, 6.07) is 6.08. The van der Waals surface area contributed by atoms with Crippen LogP contribution in [0, 0.1) is 0 Å². The molecule has 0 saturated heterocycles. The average molecular weight is 192 g/mol. The van der Waals surface area contributed by atoms with E-state index in [1.165, 1.54) is 12.0 Å². The summed E-state index contributed by atoms with van der Waals surface area (Å²) in [6.45, 7) is 6.69. The van der Waals surface area contributed by atoms with E-state index in [9.17, 15) is 0 Å². The highest BCUT2D eigenvalue weighted by atomic mass is 17.0. The summed E-state index contributed by atoms with van der Waals surface area (Å²) in [7, 11) is 0. The first-order chi connectivity index (χ1) is 6.65. The van der Waals surface area contributed by atoms with E-state index in [-0.39, 0.29) is 5.41 Å². The van der Waals surface area contributed by atoms with Crippen LogP contribution < -0.4 is 0 Å². The molecule has 1 heterocycles. The average Bonchev–Trinajstić information content (AvgIpc) is 2.06. The highest BCUT2D eigenvalue weighted by Gasteiger charge is 2.25. The maximum absolute atomic E-state index is 5.04. The van der Waals surface area contributed by atoms with E-state index < -0.39 is 0 Å². The molecule has 0 radical (unpaired) electrons. The first-order valence-electron chi connectivity index (χ1n) is 5.13. The first-order valence-corrected chi connectivity index (χ1v) is 5.13. The van der Waals surface area contributed by atoms with E-state index in [2.05, 4.69) is 26.8 Å². The van der Waals surface area contributed by atoms with Crippen molar-refractivity contribution in [2.24, 2.45) is 0 Å². The van der Waals surface area contributed by atoms with Crippen LogP contribution in [-0.2, 0) is 5.41 Å². The van der Waals surface area contributed by atoms with Crippen molar-refractivity contribution in [2.45, 2.75) is 39.0 Å². The Balaban J connectivity index is 2.44. The second-order valence-corrected chi connectivity index (χ2v) is 4.43. The van der Waals surface area contributed by atoms with E-state index in [0.29, 0.717) is 0 Å². The van der Waals surface area contributed by atoms with Crippen LogP contribution in [0.15, 0.2) is 27.4 Å². The number of rotatable bonds is 3. The van der Waals surface area contributed by atoms with Gasteiger partial charge in [0, 0.05) is 5.56 Å². The molecule has 0 saturated carbocycles. The number of fused-ring (bicyclic) bond motifs is 1. The molecule has 2 aromatic rings. The van der Waals surface area contributed by atoms with Gasteiger partial charge in [0.25, 0.3) is 0 Å². The van der Waals surface area contributed by atoms with Crippen LogP contribution in [0.5, 0.6) is 0 Å². The third-order valence-corrected chi connectivity index (χ3v) is 2.80. The molecule has 0 unspecified atom stereocenters. The van der Waals surface area contributed by atoms with Gasteiger partial charge < -0.3 is 0 Å². The number of hydrogen-bond donors (Lipinski definition) is 0. The van der Waals surface area contributed by atoms with Crippen LogP contribution in [0.3, 0.4) is 0 Å². The van der Waals surface area contributed by atoms with Gasteiger partial charge in [-0.25, -0.2) is 0 Å². The molecule has 0 spiro atoms. The summed E-state index contributed by atoms with van der Waals surface area (Å²) >= 11 is 0. The van der Waals surface area contributed by atoms with Gasteiger partial charge in [-0.1, -0.05) is 39.3 Å². The molecule has 0 fully saturated rings. The summed E-state index contributed by atoms with van der Waals surface area (Å²) in [5, 5.41) is 0. The molecule has 0 aliphatic rings. The predicted octanol–water partition coefficient (Wildman–Crippen LogP) is 4.10. The van der Waals surface area contributed by atoms with Gasteiger partial charge in [-0.3, -0.25) is 9.15 Å². The lowest BCUT2D eigenvalue weighted by molar-refractivity contribution is 0.0570. The largest absolute Gasteiger partial charge is 0.286 e. The molecule has 0 aliphatic heterocycles. The molecule has 2 rings (SSSR count). The topological polar surface area (TPSA) is 26.3 Å². The maximum atomic E-state index is 5.04. The highest BCUT2D eigenvalue weighted by Crippen LogP contribution is 2.35. The van der Waals surface area contributed by atoms with Gasteiger partial charge in [0.1, 0.15) is 0 Å². The van der Waals surface area contributed by atoms with Gasteiger partial charge in [0.15, 0.2) is 0 Å². The Kier molecular flexibility index (Phi) is 2.14. The Bertz CT molecular complexity index is 420. The molecule has 0 aliphatic carbocycles. The van der Waals surface area contributed by atoms with E-state index in [0.717, 1.165) is 17.6 Å². The predicted molar refractivity (Wildman–Crippen MR) is 56.4 cm³/mol. The first kappa shape index (κ1) is 9.38. The van der Waals surface area contributed by atoms with Crippen LogP contribution in [0.4, 0.5) is 0 Å². The van der Waals surface area contributed by atoms with Crippen LogP contribution in [0.2, 0.25) is 0 Å². The smallest absolute Gasteiger partial charge is 0.229 e. The van der Waals surface area contributed by atoms with Crippen LogP contribution in [-0.4, -0.2) is 0 Å². The monoisotopic (exact) mass is 192 g/mol. The fraction of sp³-hybridized carbons (Fsp3) is 0.500. The molecule has 0 N–H and O–H groups in total. The van der Waals surface area contributed by atoms with E-state index >= 15 is 0 Å². The maximum Gasteiger partial charge on any atom is 0.229 e. The fourth-order valence-electron chi connectivity index (χ4n) is 2.01. The van der Waals surface area contributed by atoms with Crippen molar-refractivity contribution in [1.29, 1.82) is 0 Å². The zero-order chi connectivity index (χ0) is 10.2. The Labute approximate surface area is 83.8 Å². The summed E-state index contributed by atoms with van der Waals surface area (Å²) < 4.78 is 9.93. The normalized spacial score (nSPS) is 12.5. The molecule has 0 bridgehead atoms. The molecule has 2 nitrogen and oxygen atoms in total. The molecular formula is C12H16O2. The summed E-state index contributed by atoms with van der Waals surface area (Å²) in [5.74, 6) is 0. The number of benzene rings is 1. The standard InChI is InChI=1S/C12H16O2/c1-4-8-12(2,3)9-6-5-7-10-11(9)14-13-10/h5-7H,4,8H2,1-3H3. The van der Waals surface area contributed by atoms with Crippen molar-refractivity contribution in [3.8, 4) is 0 Å². The van der Waals surface area contributed by atoms with E-state index in [1.54, 1.807) is 0 Å². The quantitative estimate of drug-likeness (QED) is 0.684. The van der Waals surface area contributed by atoms with Gasteiger partial charge >= 0.3 is 0 Å². The molecule has 76 valence electrons. The highest BCUT2D eigenvalue weighted by molar-refractivity contribution is 5.75. The van der Waals surface area contributed by atoms with Crippen molar-refractivity contribution in [2.75, 3.05) is 0 Å². The van der Waals surface area contributed by atoms with Gasteiger partial charge in [-0.2, -0.15) is 0 Å². The van der Waals surface area contributed by atoms with Crippen molar-refractivity contribution in [1.82, 2.24) is 0 Å². The zero-order valence-electron chi connectivity index (χ0n) is 8.96. The minimum absolute atomic E-state index is 0.171. The van der Waals surface area contributed by atoms with Crippen LogP contribution in [0.25, 0.3) is 11.2 Å². The summed E-state index contributed by atoms with van der Waals surface area (Å²) in [6.07, 6.45) is 2.34. The van der Waals surface area contributed by atoms with Crippen molar-refractivity contribution in [3.05, 3.63) is 23.8 Å². The fourth-order valence-corrected chi connectivity index (χ4v) is 2.01. The molecule has 1 aromatic carbocycles. The zero-order valence-corrected chi connectivity index (χ0v) is 8.96. The Morgan fingerprint density at radius 3 is 2.57 bits per heavy atom. The SMILES string of the molecule is CCCC(C)(C)c1cccc2ooc12. The van der Waals surface area contributed by atoms with E-state index in [4.69, 9.17) is 9.15 Å². The minimum Gasteiger partial charge on any atom is -0.286 e. The lowest BCUT2D eigenvalue weighted by Crippen LogP contribution is -2.17. The third kappa shape index (κ3) is 1.35. The van der Waals surface area contributed by atoms with Gasteiger partial charge in [0.05, 0.1) is 0 Å². The molecule has 2 heteroatoms. The Hall–Kier alpha value is -1.18. The van der Waals surface area contributed by atoms with Crippen LogP contribution in [0.1, 0.15) is 39.2 Å². The lowest BCUT2D eigenvalue weighted by atomic mass is 9.80. The van der Waals surface area contributed by atoms with Crippen molar-refractivity contribution < 1.29 is 9.15 Å². The van der Waals surface area contributed by atoms with Crippen molar-refractivity contribution in [3.63, 3.8) is 0 Å². The van der Waals surface area contributed by atoms with E-state index in [1.807, 2.05) is 12.1 Å². The van der Waals surface area contributed by atoms with Gasteiger partial charge in [0.2, 0.25) is 11.2 Å². The second kappa shape index (κ2) is 3.19. The molecule has 0 amide bonds. The summed E-state index contributed by atoms with van der Waals surface area (Å²) in [4.78, 5) is 0. The second-order valence-electron chi connectivity index (χ2n) is 4.43.